The molecule has 1 atom stereocenters. The molecule has 3 aliphatic rings. The maximum Gasteiger partial charge on any atom is 0.255 e. The zero-order chi connectivity index (χ0) is 25.5. The van der Waals surface area contributed by atoms with Crippen molar-refractivity contribution in [2.45, 2.75) is 38.5 Å². The average Bonchev–Trinajstić information content (AvgIpc) is 3.23. The van der Waals surface area contributed by atoms with Gasteiger partial charge < -0.3 is 14.4 Å². The molecule has 8 heteroatoms. The summed E-state index contributed by atoms with van der Waals surface area (Å²) in [6, 6.07) is 10.4. The van der Waals surface area contributed by atoms with E-state index in [1.807, 2.05) is 12.1 Å². The summed E-state index contributed by atoms with van der Waals surface area (Å²) in [4.78, 5) is 40.0. The third-order valence-electron chi connectivity index (χ3n) is 6.00. The summed E-state index contributed by atoms with van der Waals surface area (Å²) < 4.78 is 37.0. The Balaban J connectivity index is 1.28. The van der Waals surface area contributed by atoms with Crippen LogP contribution in [0.4, 0.5) is 0 Å². The predicted molar refractivity (Wildman–Crippen MR) is 119 cm³/mol. The van der Waals surface area contributed by atoms with E-state index in [0.717, 1.165) is 5.56 Å². The number of rotatable bonds is 6. The summed E-state index contributed by atoms with van der Waals surface area (Å²) in [5.74, 6) is -1.20. The first-order valence-electron chi connectivity index (χ1n) is 12.5. The highest BCUT2D eigenvalue weighted by molar-refractivity contribution is 6.05. The molecule has 3 heterocycles. The average molecular weight is 453 g/mol. The normalized spacial score (nSPS) is 25.2. The van der Waals surface area contributed by atoms with Gasteiger partial charge in [-0.2, -0.15) is 0 Å². The van der Waals surface area contributed by atoms with Crippen LogP contribution in [0.2, 0.25) is 0 Å². The van der Waals surface area contributed by atoms with Gasteiger partial charge in [0.15, 0.2) is 0 Å². The van der Waals surface area contributed by atoms with Crippen molar-refractivity contribution in [3.05, 3.63) is 64.7 Å². The molecule has 0 aliphatic carbocycles. The fourth-order valence-electron chi connectivity index (χ4n) is 4.22. The van der Waals surface area contributed by atoms with Crippen LogP contribution in [-0.4, -0.2) is 59.8 Å². The quantitative estimate of drug-likeness (QED) is 0.674. The number of nitrogens with zero attached hydrogens (tertiary/aromatic N) is 2. The van der Waals surface area contributed by atoms with Gasteiger partial charge in [-0.3, -0.25) is 24.6 Å². The molecule has 0 radical (unpaired) electrons. The molecule has 3 amide bonds. The second-order valence-electron chi connectivity index (χ2n) is 8.19. The summed E-state index contributed by atoms with van der Waals surface area (Å²) >= 11 is 0. The van der Waals surface area contributed by atoms with Crippen LogP contribution in [0.1, 0.15) is 44.0 Å². The van der Waals surface area contributed by atoms with Gasteiger partial charge in [0.2, 0.25) is 11.8 Å². The highest BCUT2D eigenvalue weighted by atomic mass is 16.5. The molecule has 0 saturated carbocycles. The summed E-state index contributed by atoms with van der Waals surface area (Å²) in [5, 5.41) is 2.16. The third kappa shape index (κ3) is 4.62. The maximum absolute atomic E-state index is 13.1. The first kappa shape index (κ1) is 18.2. The van der Waals surface area contributed by atoms with Gasteiger partial charge in [-0.1, -0.05) is 30.3 Å². The Morgan fingerprint density at radius 1 is 1.09 bits per heavy atom. The molecule has 2 saturated heterocycles. The number of morpholine rings is 1. The molecule has 2 aromatic rings. The number of carbonyl (C=O) groups is 3. The molecule has 0 bridgehead atoms. The minimum absolute atomic E-state index is 0.00180. The standard InChI is InChI=1S/C25H27N3O5/c29-23-9-8-21(24(30)26-23)28-15-20-19(25(28)31)2-1-3-22(20)33-16-18-6-4-17(5-7-18)14-27-10-12-32-13-11-27/h1-7,21H,8-16H2,(H,26,29,30)/t21-/m1/s1/i14D2,21D. The Morgan fingerprint density at radius 3 is 2.61 bits per heavy atom. The van der Waals surface area contributed by atoms with Crippen molar-refractivity contribution >= 4 is 17.7 Å². The van der Waals surface area contributed by atoms with Gasteiger partial charge in [-0.15, -0.1) is 0 Å². The van der Waals surface area contributed by atoms with Crippen LogP contribution in [0.5, 0.6) is 5.75 Å². The smallest absolute Gasteiger partial charge is 0.255 e. The zero-order valence-electron chi connectivity index (χ0n) is 21.1. The van der Waals surface area contributed by atoms with E-state index in [4.69, 9.17) is 13.6 Å². The number of imide groups is 1. The van der Waals surface area contributed by atoms with Crippen LogP contribution in [0.3, 0.4) is 0 Å². The number of benzene rings is 2. The molecule has 0 aromatic heterocycles. The zero-order valence-corrected chi connectivity index (χ0v) is 18.1. The molecule has 2 fully saturated rings. The summed E-state index contributed by atoms with van der Waals surface area (Å²) in [6.45, 7) is 0.721. The Morgan fingerprint density at radius 2 is 1.85 bits per heavy atom. The van der Waals surface area contributed by atoms with E-state index in [1.165, 1.54) is 4.90 Å². The molecule has 172 valence electrons. The Bertz CT molecular complexity index is 1200. The molecular formula is C25H27N3O5. The van der Waals surface area contributed by atoms with Gasteiger partial charge in [-0.05, 0) is 29.7 Å². The molecule has 5 rings (SSSR count). The second-order valence-corrected chi connectivity index (χ2v) is 8.19. The monoisotopic (exact) mass is 452 g/mol. The number of amides is 3. The van der Waals surface area contributed by atoms with E-state index in [-0.39, 0.29) is 26.0 Å². The summed E-state index contributed by atoms with van der Waals surface area (Å²) in [6.07, 6.45) is -0.0595. The van der Waals surface area contributed by atoms with Crippen molar-refractivity contribution in [1.29, 1.82) is 0 Å². The Kier molecular flexibility index (Phi) is 5.15. The molecule has 0 unspecified atom stereocenters. The topological polar surface area (TPSA) is 88.2 Å². The number of carbonyl (C=O) groups excluding carboxylic acids is 3. The highest BCUT2D eigenvalue weighted by Crippen LogP contribution is 2.34. The van der Waals surface area contributed by atoms with Crippen molar-refractivity contribution in [1.82, 2.24) is 15.1 Å². The first-order valence-corrected chi connectivity index (χ1v) is 11.0. The number of ether oxygens (including phenoxy) is 2. The Hall–Kier alpha value is -3.23. The van der Waals surface area contributed by atoms with Crippen LogP contribution in [0.25, 0.3) is 0 Å². The number of piperidine rings is 1. The highest BCUT2D eigenvalue weighted by Gasteiger charge is 2.40. The fraction of sp³-hybridized carbons (Fsp3) is 0.400. The maximum atomic E-state index is 13.1. The lowest BCUT2D eigenvalue weighted by atomic mass is 10.0. The summed E-state index contributed by atoms with van der Waals surface area (Å²) in [5.41, 5.74) is 2.36. The van der Waals surface area contributed by atoms with Gasteiger partial charge in [0, 0.05) is 39.9 Å². The van der Waals surface area contributed by atoms with Gasteiger partial charge >= 0.3 is 0 Å². The second kappa shape index (κ2) is 9.33. The van der Waals surface area contributed by atoms with Crippen LogP contribution in [0.15, 0.2) is 42.5 Å². The number of fused-ring (bicyclic) bond motifs is 1. The molecule has 8 nitrogen and oxygen atoms in total. The Labute approximate surface area is 196 Å². The van der Waals surface area contributed by atoms with Gasteiger partial charge in [0.25, 0.3) is 5.91 Å². The molecule has 1 N–H and O–H groups in total. The van der Waals surface area contributed by atoms with E-state index in [0.29, 0.717) is 48.7 Å². The SMILES string of the molecule is [2H]C([2H])(c1ccc(COc2cccc3c2CN([C@]2([2H])CCC(=O)NC2=O)C3=O)cc1)N1CCOCC1. The molecule has 3 aliphatic heterocycles. The first-order chi connectivity index (χ1) is 17.2. The van der Waals surface area contributed by atoms with Crippen molar-refractivity contribution in [3.63, 3.8) is 0 Å². The number of hydrogen-bond donors (Lipinski definition) is 1. The fourth-order valence-corrected chi connectivity index (χ4v) is 4.22. The molecule has 0 spiro atoms. The van der Waals surface area contributed by atoms with Gasteiger partial charge in [0.05, 0.1) is 21.1 Å². The van der Waals surface area contributed by atoms with Crippen LogP contribution < -0.4 is 10.1 Å². The number of hydrogen-bond acceptors (Lipinski definition) is 6. The van der Waals surface area contributed by atoms with Gasteiger partial charge in [-0.25, -0.2) is 0 Å². The molecular weight excluding hydrogens is 422 g/mol. The van der Waals surface area contributed by atoms with E-state index in [9.17, 15) is 14.4 Å². The van der Waals surface area contributed by atoms with Crippen molar-refractivity contribution in [2.24, 2.45) is 0 Å². The largest absolute Gasteiger partial charge is 0.489 e. The van der Waals surface area contributed by atoms with Gasteiger partial charge in [0.1, 0.15) is 18.4 Å². The lowest BCUT2D eigenvalue weighted by Crippen LogP contribution is -2.52. The van der Waals surface area contributed by atoms with E-state index >= 15 is 0 Å². The van der Waals surface area contributed by atoms with Crippen molar-refractivity contribution < 1.29 is 28.0 Å². The van der Waals surface area contributed by atoms with E-state index in [2.05, 4.69) is 5.32 Å². The molecule has 2 aromatic carbocycles. The summed E-state index contributed by atoms with van der Waals surface area (Å²) in [7, 11) is 0. The minimum atomic E-state index is -1.85. The predicted octanol–water partition coefficient (Wildman–Crippen LogP) is 1.86. The molecule has 33 heavy (non-hydrogen) atoms. The van der Waals surface area contributed by atoms with Crippen LogP contribution in [0, 0.1) is 0 Å². The van der Waals surface area contributed by atoms with Crippen LogP contribution in [-0.2, 0) is 34.0 Å². The minimum Gasteiger partial charge on any atom is -0.489 e. The van der Waals surface area contributed by atoms with Crippen molar-refractivity contribution in [2.75, 3.05) is 26.3 Å². The van der Waals surface area contributed by atoms with E-state index < -0.39 is 30.2 Å². The lowest BCUT2D eigenvalue weighted by Gasteiger charge is -2.29. The van der Waals surface area contributed by atoms with E-state index in [1.54, 1.807) is 35.2 Å². The van der Waals surface area contributed by atoms with Crippen molar-refractivity contribution in [3.8, 4) is 5.75 Å². The number of nitrogens with one attached hydrogen (secondary N) is 1. The lowest BCUT2D eigenvalue weighted by molar-refractivity contribution is -0.136. The third-order valence-corrected chi connectivity index (χ3v) is 6.00. The van der Waals surface area contributed by atoms with Crippen LogP contribution >= 0.6 is 0 Å².